The highest BCUT2D eigenvalue weighted by atomic mass is 35.5. The highest BCUT2D eigenvalue weighted by molar-refractivity contribution is 8.26. The van der Waals surface area contributed by atoms with Gasteiger partial charge in [-0.1, -0.05) is 59.8 Å². The Morgan fingerprint density at radius 2 is 1.79 bits per heavy atom. The molecule has 0 bridgehead atoms. The summed E-state index contributed by atoms with van der Waals surface area (Å²) in [6.45, 7) is 0. The molecular weight excluding hydrogens is 364 g/mol. The van der Waals surface area contributed by atoms with Crippen LogP contribution in [0.25, 0.3) is 6.08 Å². The number of thioether (sulfide) groups is 1. The fourth-order valence-electron chi connectivity index (χ4n) is 2.05. The van der Waals surface area contributed by atoms with E-state index in [0.717, 1.165) is 16.8 Å². The Hall–Kier alpha value is -2.15. The van der Waals surface area contributed by atoms with E-state index in [0.29, 0.717) is 21.1 Å². The van der Waals surface area contributed by atoms with Gasteiger partial charge in [0.05, 0.1) is 4.91 Å². The molecule has 0 radical (unpaired) electrons. The van der Waals surface area contributed by atoms with Gasteiger partial charge in [0, 0.05) is 10.6 Å². The standard InChI is InChI=1S/C17H11ClN2O2S2/c18-13-9-5-4-8-12(13)10-14-16(22)20(17(23)24-14)19-15(21)11-6-2-1-3-7-11/h1-10H,(H,19,21)/b14-10+. The Balaban J connectivity index is 1.80. The quantitative estimate of drug-likeness (QED) is 0.654. The van der Waals surface area contributed by atoms with Gasteiger partial charge in [-0.05, 0) is 42.1 Å². The smallest absolute Gasteiger partial charge is 0.267 e. The molecule has 2 aromatic rings. The Morgan fingerprint density at radius 1 is 1.12 bits per heavy atom. The van der Waals surface area contributed by atoms with Crippen molar-refractivity contribution < 1.29 is 9.59 Å². The minimum Gasteiger partial charge on any atom is -0.267 e. The summed E-state index contributed by atoms with van der Waals surface area (Å²) in [4.78, 5) is 25.1. The van der Waals surface area contributed by atoms with Crippen LogP contribution in [0.15, 0.2) is 59.5 Å². The third-order valence-electron chi connectivity index (χ3n) is 3.23. The summed E-state index contributed by atoms with van der Waals surface area (Å²) < 4.78 is 0.266. The Labute approximate surface area is 153 Å². The highest BCUT2D eigenvalue weighted by Crippen LogP contribution is 2.32. The van der Waals surface area contributed by atoms with Gasteiger partial charge < -0.3 is 0 Å². The van der Waals surface area contributed by atoms with E-state index in [1.54, 1.807) is 42.5 Å². The molecule has 1 heterocycles. The highest BCUT2D eigenvalue weighted by Gasteiger charge is 2.33. The normalized spacial score (nSPS) is 15.9. The van der Waals surface area contributed by atoms with Crippen molar-refractivity contribution in [1.29, 1.82) is 0 Å². The molecule has 1 aliphatic rings. The van der Waals surface area contributed by atoms with Crippen LogP contribution in [0.4, 0.5) is 0 Å². The summed E-state index contributed by atoms with van der Waals surface area (Å²) in [6.07, 6.45) is 1.66. The van der Waals surface area contributed by atoms with Gasteiger partial charge in [-0.25, -0.2) is 0 Å². The van der Waals surface area contributed by atoms with E-state index >= 15 is 0 Å². The number of hydrogen-bond acceptors (Lipinski definition) is 4. The minimum absolute atomic E-state index is 0.266. The molecule has 24 heavy (non-hydrogen) atoms. The number of benzene rings is 2. The van der Waals surface area contributed by atoms with Crippen molar-refractivity contribution in [3.8, 4) is 0 Å². The average molecular weight is 375 g/mol. The lowest BCUT2D eigenvalue weighted by molar-refractivity contribution is -0.123. The van der Waals surface area contributed by atoms with Crippen molar-refractivity contribution in [3.05, 3.63) is 75.7 Å². The fourth-order valence-corrected chi connectivity index (χ4v) is 3.41. The third kappa shape index (κ3) is 3.51. The molecule has 0 aromatic heterocycles. The third-order valence-corrected chi connectivity index (χ3v) is 4.88. The lowest BCUT2D eigenvalue weighted by atomic mass is 10.2. The molecule has 2 aromatic carbocycles. The van der Waals surface area contributed by atoms with E-state index in [4.69, 9.17) is 23.8 Å². The summed E-state index contributed by atoms with van der Waals surface area (Å²) >= 11 is 12.4. The monoisotopic (exact) mass is 374 g/mol. The van der Waals surface area contributed by atoms with Gasteiger partial charge in [0.2, 0.25) is 0 Å². The van der Waals surface area contributed by atoms with Gasteiger partial charge >= 0.3 is 0 Å². The molecule has 7 heteroatoms. The predicted octanol–water partition coefficient (Wildman–Crippen LogP) is 3.89. The van der Waals surface area contributed by atoms with Crippen LogP contribution in [-0.4, -0.2) is 21.1 Å². The van der Waals surface area contributed by atoms with Crippen LogP contribution < -0.4 is 5.43 Å². The van der Waals surface area contributed by atoms with E-state index < -0.39 is 5.91 Å². The zero-order valence-corrected chi connectivity index (χ0v) is 14.6. The number of nitrogens with zero attached hydrogens (tertiary/aromatic N) is 1. The molecule has 0 saturated carbocycles. The number of hydrazine groups is 1. The van der Waals surface area contributed by atoms with Crippen LogP contribution in [0.2, 0.25) is 5.02 Å². The maximum Gasteiger partial charge on any atom is 0.285 e. The van der Waals surface area contributed by atoms with Crippen molar-refractivity contribution in [2.45, 2.75) is 0 Å². The first kappa shape index (κ1) is 16.7. The van der Waals surface area contributed by atoms with Crippen LogP contribution in [0, 0.1) is 0 Å². The summed E-state index contributed by atoms with van der Waals surface area (Å²) in [5.74, 6) is -0.778. The Bertz CT molecular complexity index is 853. The lowest BCUT2D eigenvalue weighted by Crippen LogP contribution is -2.44. The first-order valence-corrected chi connectivity index (χ1v) is 8.55. The van der Waals surface area contributed by atoms with E-state index in [2.05, 4.69) is 5.43 Å². The molecule has 0 unspecified atom stereocenters. The maximum absolute atomic E-state index is 12.5. The number of rotatable bonds is 3. The Kier molecular flexibility index (Phi) is 4.99. The van der Waals surface area contributed by atoms with Crippen LogP contribution in [-0.2, 0) is 4.79 Å². The molecule has 0 aliphatic carbocycles. The number of halogens is 1. The van der Waals surface area contributed by atoms with Gasteiger partial charge in [-0.2, -0.15) is 5.01 Å². The van der Waals surface area contributed by atoms with Crippen molar-refractivity contribution >= 4 is 57.8 Å². The lowest BCUT2D eigenvalue weighted by Gasteiger charge is -2.15. The van der Waals surface area contributed by atoms with Crippen LogP contribution in [0.5, 0.6) is 0 Å². The van der Waals surface area contributed by atoms with Gasteiger partial charge in [-0.15, -0.1) is 0 Å². The Morgan fingerprint density at radius 3 is 2.50 bits per heavy atom. The molecule has 1 aliphatic heterocycles. The van der Waals surface area contributed by atoms with E-state index in [1.165, 1.54) is 0 Å². The minimum atomic E-state index is -0.397. The van der Waals surface area contributed by atoms with E-state index in [-0.39, 0.29) is 10.2 Å². The molecular formula is C17H11ClN2O2S2. The molecule has 1 N–H and O–H groups in total. The first-order valence-electron chi connectivity index (χ1n) is 6.95. The second kappa shape index (κ2) is 7.17. The van der Waals surface area contributed by atoms with Crippen LogP contribution in [0.3, 0.4) is 0 Å². The van der Waals surface area contributed by atoms with Gasteiger partial charge in [0.25, 0.3) is 11.8 Å². The molecule has 1 fully saturated rings. The second-order valence-corrected chi connectivity index (χ2v) is 6.93. The van der Waals surface area contributed by atoms with Crippen molar-refractivity contribution in [2.24, 2.45) is 0 Å². The largest absolute Gasteiger partial charge is 0.285 e. The number of nitrogens with one attached hydrogen (secondary N) is 1. The number of carbonyl (C=O) groups excluding carboxylic acids is 2. The molecule has 0 atom stereocenters. The number of amides is 2. The van der Waals surface area contributed by atoms with Crippen molar-refractivity contribution in [2.75, 3.05) is 0 Å². The SMILES string of the molecule is O=C(NN1C(=O)/C(=C\c2ccccc2Cl)SC1=S)c1ccccc1. The fraction of sp³-hybridized carbons (Fsp3) is 0. The molecule has 0 spiro atoms. The number of thiocarbonyl (C=S) groups is 1. The van der Waals surface area contributed by atoms with Gasteiger partial charge in [0.1, 0.15) is 0 Å². The predicted molar refractivity (Wildman–Crippen MR) is 100 cm³/mol. The topological polar surface area (TPSA) is 49.4 Å². The van der Waals surface area contributed by atoms with Crippen molar-refractivity contribution in [1.82, 2.24) is 10.4 Å². The molecule has 1 saturated heterocycles. The van der Waals surface area contributed by atoms with Crippen molar-refractivity contribution in [3.63, 3.8) is 0 Å². The summed E-state index contributed by atoms with van der Waals surface area (Å²) in [6, 6.07) is 15.8. The zero-order chi connectivity index (χ0) is 17.1. The summed E-state index contributed by atoms with van der Waals surface area (Å²) in [7, 11) is 0. The van der Waals surface area contributed by atoms with Crippen LogP contribution >= 0.6 is 35.6 Å². The molecule has 2 amide bonds. The van der Waals surface area contributed by atoms with E-state index in [9.17, 15) is 9.59 Å². The summed E-state index contributed by atoms with van der Waals surface area (Å²) in [5.41, 5.74) is 3.70. The number of carbonyl (C=O) groups is 2. The zero-order valence-electron chi connectivity index (χ0n) is 12.2. The molecule has 3 rings (SSSR count). The molecule has 120 valence electrons. The average Bonchev–Trinajstić information content (AvgIpc) is 2.85. The molecule has 4 nitrogen and oxygen atoms in total. The van der Waals surface area contributed by atoms with E-state index in [1.807, 2.05) is 18.2 Å². The van der Waals surface area contributed by atoms with Gasteiger partial charge in [0.15, 0.2) is 4.32 Å². The number of hydrogen-bond donors (Lipinski definition) is 1. The first-order chi connectivity index (χ1) is 11.6. The van der Waals surface area contributed by atoms with Crippen LogP contribution in [0.1, 0.15) is 15.9 Å². The van der Waals surface area contributed by atoms with Gasteiger partial charge in [-0.3, -0.25) is 15.0 Å². The second-order valence-electron chi connectivity index (χ2n) is 4.85. The summed E-state index contributed by atoms with van der Waals surface area (Å²) in [5, 5.41) is 1.62. The maximum atomic E-state index is 12.5.